The molecule has 6 aromatic carbocycles. The van der Waals surface area contributed by atoms with E-state index in [2.05, 4.69) is 31.2 Å². The zero-order valence-corrected chi connectivity index (χ0v) is 66.1. The largest absolute Gasteiger partial charge is 0.507 e. The quantitative estimate of drug-likeness (QED) is 0.0301. The van der Waals surface area contributed by atoms with Crippen molar-refractivity contribution in [1.82, 2.24) is 41.0 Å². The van der Waals surface area contributed by atoms with Gasteiger partial charge in [-0.25, -0.2) is 32.3 Å². The number of carboxylic acids is 2. The first kappa shape index (κ1) is 91.1. The number of likely N-dealkylation sites (tertiary alicyclic amines) is 2. The number of aromatic nitrogens is 2. The van der Waals surface area contributed by atoms with Gasteiger partial charge in [0.15, 0.2) is 52.0 Å². The highest BCUT2D eigenvalue weighted by molar-refractivity contribution is 6.13. The van der Waals surface area contributed by atoms with Crippen LogP contribution in [0.3, 0.4) is 0 Å². The lowest BCUT2D eigenvalue weighted by molar-refractivity contribution is 0.0279. The summed E-state index contributed by atoms with van der Waals surface area (Å²) in [4.78, 5) is 132. The van der Waals surface area contributed by atoms with E-state index >= 15 is 0 Å². The van der Waals surface area contributed by atoms with Crippen LogP contribution in [-0.2, 0) is 9.47 Å². The van der Waals surface area contributed by atoms with Gasteiger partial charge in [0.1, 0.15) is 45.1 Å². The van der Waals surface area contributed by atoms with Gasteiger partial charge in [-0.15, -0.1) is 0 Å². The van der Waals surface area contributed by atoms with Crippen LogP contribution in [0.2, 0.25) is 0 Å². The van der Waals surface area contributed by atoms with Gasteiger partial charge in [-0.1, -0.05) is 36.4 Å². The monoisotopic (exact) mass is 1620 g/mol. The second kappa shape index (κ2) is 41.8. The number of nitrogens with two attached hydrogens (primary N) is 3. The Hall–Kier alpha value is -13.1. The first-order valence-electron chi connectivity index (χ1n) is 36.5. The van der Waals surface area contributed by atoms with Gasteiger partial charge in [0.25, 0.3) is 17.7 Å². The molecule has 3 saturated heterocycles. The van der Waals surface area contributed by atoms with E-state index < -0.39 is 99.2 Å². The van der Waals surface area contributed by atoms with Gasteiger partial charge in [0.2, 0.25) is 0 Å². The number of rotatable bonds is 21. The van der Waals surface area contributed by atoms with Crippen LogP contribution in [0.15, 0.2) is 158 Å². The average molecular weight is 1620 g/mol. The van der Waals surface area contributed by atoms with Crippen LogP contribution in [-0.4, -0.2) is 216 Å². The summed E-state index contributed by atoms with van der Waals surface area (Å²) in [7, 11) is 3.87. The number of hydrogen-bond acceptors (Lipinski definition) is 24. The predicted octanol–water partition coefficient (Wildman–Crippen LogP) is 8.64. The number of pyridine rings is 2. The van der Waals surface area contributed by atoms with Gasteiger partial charge >= 0.3 is 24.1 Å². The molecule has 34 heteroatoms. The number of aromatic carboxylic acids is 2. The third-order valence-corrected chi connectivity index (χ3v) is 17.5. The fraction of sp³-hybridized carbons (Fsp3) is 0.325. The number of benzene rings is 6. The molecule has 0 saturated carbocycles. The Morgan fingerprint density at radius 3 is 1.06 bits per heavy atom. The second-order valence-electron chi connectivity index (χ2n) is 28.2. The first-order chi connectivity index (χ1) is 55.4. The van der Waals surface area contributed by atoms with E-state index in [1.165, 1.54) is 172 Å². The number of hydrogen-bond donors (Lipinski definition) is 10. The minimum atomic E-state index is -1.11. The molecule has 0 bridgehead atoms. The maximum atomic E-state index is 14.9. The van der Waals surface area contributed by atoms with E-state index in [9.17, 15) is 66.2 Å². The molecular weight excluding hydrogens is 1530 g/mol. The molecule has 13 N–H and O–H groups in total. The highest BCUT2D eigenvalue weighted by Gasteiger charge is 2.38. The summed E-state index contributed by atoms with van der Waals surface area (Å²) in [5, 5.41) is 39.0. The molecule has 3 aliphatic heterocycles. The highest BCUT2D eigenvalue weighted by atomic mass is 19.1. The molecule has 117 heavy (non-hydrogen) atoms. The van der Waals surface area contributed by atoms with Crippen molar-refractivity contribution >= 4 is 59.2 Å². The maximum absolute atomic E-state index is 14.9. The fourth-order valence-electron chi connectivity index (χ4n) is 11.6. The lowest BCUT2D eigenvalue weighted by Gasteiger charge is -2.24. The molecule has 5 amide bonds. The SMILES string of the molecule is CC(C)(C)OC(=O)N1C[C@@H](N)[C@@H](N)C1.CCOc1ccc(OC)c(F)c1C(=O)c1ccc(C(=O)N[C@H]2CN(C(=O)OC(C)(C)C)C[C@H]2N)cc1.CCOc1ccc(OC)c(F)c1C(=O)c1ccc(C(=O)O)cc1.COc1ccc(O)c(C(=O)c2ccc(C(=O)N[C@H]3CNC[C@H]3NC(=O)c3ccncc3)cc2)c1F.O=C(O)c1ccncc1. The van der Waals surface area contributed by atoms with Gasteiger partial charge in [0.05, 0.1) is 63.8 Å². The van der Waals surface area contributed by atoms with Gasteiger partial charge in [-0.2, -0.15) is 0 Å². The minimum Gasteiger partial charge on any atom is -0.507 e. The second-order valence-corrected chi connectivity index (χ2v) is 28.2. The molecule has 8 aromatic rings. The van der Waals surface area contributed by atoms with Crippen molar-refractivity contribution in [2.24, 2.45) is 17.2 Å². The Labute approximate surface area is 672 Å². The number of ketones is 3. The molecular formula is C83H94F3N11O20. The van der Waals surface area contributed by atoms with Crippen LogP contribution in [0.25, 0.3) is 0 Å². The molecule has 6 atom stereocenters. The fourth-order valence-corrected chi connectivity index (χ4v) is 11.6. The van der Waals surface area contributed by atoms with Crippen molar-refractivity contribution in [2.75, 3.05) is 73.8 Å². The Balaban J connectivity index is 0.000000216. The standard InChI is InChI=1S/C26H32FN3O6.C25H23FN4O5.C17H15FO5.C9H19N3O2.C6H5NO2/c1-6-35-19-11-12-20(34-5)22(27)21(19)23(31)15-7-9-16(10-8-15)24(32)29-18-14-30(13-17(18)28)25(33)36-26(2,3)4;1-35-20-7-6-19(31)21(22(20)26)23(32)14-2-4-15(5-3-14)24(33)29-17-12-28-13-18(17)30-25(34)16-8-10-27-11-9-16;1-3-23-12-8-9-13(22-2)15(18)14(12)16(19)10-4-6-11(7-5-10)17(20)21;1-9(2,3)14-8(13)12-4-6(10)7(11)5-12;8-6(9)5-1-3-7-4-2-5/h7-12,17-18H,6,13-14,28H2,1-5H3,(H,29,32);2-11,17-18,28,31H,12-13H2,1H3,(H,29,33)(H,30,34);4-9H,3H2,1-2H3,(H,20,21);6-7H,4-5,10-11H2,1-3H3;1-4H,(H,8,9)/t2*17-,18+;;6-,7+;/m10.../s1. The van der Waals surface area contributed by atoms with Gasteiger partial charge in [-0.3, -0.25) is 38.7 Å². The van der Waals surface area contributed by atoms with Gasteiger partial charge in [-0.05, 0) is 152 Å². The topological polar surface area (TPSA) is 454 Å². The van der Waals surface area contributed by atoms with E-state index in [0.29, 0.717) is 31.7 Å². The highest BCUT2D eigenvalue weighted by Crippen LogP contribution is 2.34. The average Bonchev–Trinajstić information content (AvgIpc) is 1.74. The lowest BCUT2D eigenvalue weighted by atomic mass is 10.00. The number of phenolic OH excluding ortho intramolecular Hbond substituents is 1. The van der Waals surface area contributed by atoms with Crippen LogP contribution in [0, 0.1) is 17.5 Å². The van der Waals surface area contributed by atoms with Crippen LogP contribution in [0.1, 0.15) is 155 Å². The van der Waals surface area contributed by atoms with Gasteiger partial charge in [0, 0.05) is 116 Å². The minimum absolute atomic E-state index is 0.0395. The van der Waals surface area contributed by atoms with Gasteiger partial charge < -0.3 is 96.7 Å². The Bertz CT molecular complexity index is 4820. The summed E-state index contributed by atoms with van der Waals surface area (Å²) in [6.07, 6.45) is 5.13. The van der Waals surface area contributed by atoms with Crippen LogP contribution < -0.4 is 62.2 Å². The van der Waals surface area contributed by atoms with Crippen molar-refractivity contribution < 1.29 is 110 Å². The normalized spacial score (nSPS) is 16.5. The number of amides is 5. The molecule has 0 radical (unpaired) electrons. The van der Waals surface area contributed by atoms with Crippen LogP contribution in [0.4, 0.5) is 22.8 Å². The number of carboxylic acid groups (broad SMARTS) is 2. The summed E-state index contributed by atoms with van der Waals surface area (Å²) in [6, 6.07) is 29.0. The number of halogens is 3. The molecule has 0 unspecified atom stereocenters. The van der Waals surface area contributed by atoms with Crippen molar-refractivity contribution in [3.05, 3.63) is 237 Å². The van der Waals surface area contributed by atoms with E-state index in [-0.39, 0.29) is 141 Å². The van der Waals surface area contributed by atoms with Crippen molar-refractivity contribution in [3.63, 3.8) is 0 Å². The Kier molecular flexibility index (Phi) is 32.6. The molecule has 3 aliphatic rings. The predicted molar refractivity (Wildman–Crippen MR) is 421 cm³/mol. The first-order valence-corrected chi connectivity index (χ1v) is 36.5. The van der Waals surface area contributed by atoms with Crippen molar-refractivity contribution in [1.29, 1.82) is 0 Å². The molecule has 3 fully saturated rings. The molecule has 2 aromatic heterocycles. The molecule has 622 valence electrons. The smallest absolute Gasteiger partial charge is 0.410 e. The zero-order chi connectivity index (χ0) is 86.2. The summed E-state index contributed by atoms with van der Waals surface area (Å²) in [5.74, 6) is -8.27. The number of nitrogens with zero attached hydrogens (tertiary/aromatic N) is 4. The number of carbonyl (C=O) groups is 10. The van der Waals surface area contributed by atoms with E-state index in [0.717, 1.165) is 0 Å². The molecule has 0 aliphatic carbocycles. The van der Waals surface area contributed by atoms with E-state index in [4.69, 9.17) is 60.6 Å². The third-order valence-electron chi connectivity index (χ3n) is 17.5. The maximum Gasteiger partial charge on any atom is 0.410 e. The van der Waals surface area contributed by atoms with Crippen molar-refractivity contribution in [3.8, 4) is 34.5 Å². The van der Waals surface area contributed by atoms with E-state index in [1.54, 1.807) is 51.7 Å². The zero-order valence-electron chi connectivity index (χ0n) is 66.1. The number of ether oxygens (including phenoxy) is 7. The summed E-state index contributed by atoms with van der Waals surface area (Å²) < 4.78 is 80.0. The molecule has 31 nitrogen and oxygen atoms in total. The number of nitrogens with one attached hydrogen (secondary N) is 4. The number of aromatic hydroxyl groups is 1. The van der Waals surface area contributed by atoms with Crippen molar-refractivity contribution in [2.45, 2.75) is 103 Å². The summed E-state index contributed by atoms with van der Waals surface area (Å²) in [6.45, 7) is 17.2. The van der Waals surface area contributed by atoms with E-state index in [1.807, 2.05) is 20.8 Å². The molecule has 0 spiro atoms. The molecule has 11 rings (SSSR count). The summed E-state index contributed by atoms with van der Waals surface area (Å²) in [5.41, 5.74) is 17.2. The Morgan fingerprint density at radius 1 is 0.419 bits per heavy atom. The van der Waals surface area contributed by atoms with Crippen LogP contribution >= 0.6 is 0 Å². The third kappa shape index (κ3) is 25.2. The number of carbonyl (C=O) groups excluding carboxylic acids is 8. The molecule has 5 heterocycles. The lowest BCUT2D eigenvalue weighted by Crippen LogP contribution is -2.51. The number of phenols is 1. The number of methoxy groups -OCH3 is 3. The Morgan fingerprint density at radius 2 is 0.709 bits per heavy atom. The summed E-state index contributed by atoms with van der Waals surface area (Å²) >= 11 is 0. The van der Waals surface area contributed by atoms with Crippen LogP contribution in [0.5, 0.6) is 34.5 Å².